The molecule has 5 nitrogen and oxygen atoms in total. The number of carboxylic acid groups (broad SMARTS) is 1. The van der Waals surface area contributed by atoms with Gasteiger partial charge in [-0.1, -0.05) is 12.1 Å². The fourth-order valence-electron chi connectivity index (χ4n) is 1.65. The quantitative estimate of drug-likeness (QED) is 0.905. The Morgan fingerprint density at radius 1 is 1.14 bits per heavy atom. The average molecular weight is 292 g/mol. The Balaban J connectivity index is 2.06. The number of aromatic carboxylic acids is 1. The molecule has 1 aromatic heterocycles. The maximum Gasteiger partial charge on any atom is 0.354 e. The number of benzene rings is 1. The molecule has 2 rings (SSSR count). The third-order valence-corrected chi connectivity index (χ3v) is 2.58. The highest BCUT2D eigenvalue weighted by atomic mass is 19.2. The molecule has 0 spiro atoms. The SMILES string of the molecule is O=C(Cc1ccc(F)c(F)c1)Nc1cccc(C(=O)O)n1. The second kappa shape index (κ2) is 6.08. The number of anilines is 1. The van der Waals surface area contributed by atoms with E-state index in [1.807, 2.05) is 0 Å². The van der Waals surface area contributed by atoms with Crippen molar-refractivity contribution in [2.75, 3.05) is 5.32 Å². The van der Waals surface area contributed by atoms with Crippen LogP contribution in [0.2, 0.25) is 0 Å². The normalized spacial score (nSPS) is 10.2. The maximum atomic E-state index is 13.0. The minimum absolute atomic E-state index is 0.0717. The number of hydrogen-bond acceptors (Lipinski definition) is 3. The van der Waals surface area contributed by atoms with E-state index in [0.29, 0.717) is 5.56 Å². The van der Waals surface area contributed by atoms with Gasteiger partial charge in [-0.2, -0.15) is 0 Å². The lowest BCUT2D eigenvalue weighted by Crippen LogP contribution is -2.16. The summed E-state index contributed by atoms with van der Waals surface area (Å²) in [5.41, 5.74) is 0.0846. The summed E-state index contributed by atoms with van der Waals surface area (Å²) in [6.45, 7) is 0. The zero-order chi connectivity index (χ0) is 15.4. The van der Waals surface area contributed by atoms with Crippen molar-refractivity contribution < 1.29 is 23.5 Å². The first-order valence-electron chi connectivity index (χ1n) is 5.90. The number of rotatable bonds is 4. The molecule has 1 amide bonds. The third kappa shape index (κ3) is 3.82. The van der Waals surface area contributed by atoms with Crippen LogP contribution in [0.4, 0.5) is 14.6 Å². The van der Waals surface area contributed by atoms with Crippen molar-refractivity contribution in [3.63, 3.8) is 0 Å². The van der Waals surface area contributed by atoms with Crippen molar-refractivity contribution in [3.05, 3.63) is 59.3 Å². The molecule has 0 aliphatic rings. The fourth-order valence-corrected chi connectivity index (χ4v) is 1.65. The van der Waals surface area contributed by atoms with Gasteiger partial charge in [-0.15, -0.1) is 0 Å². The molecule has 0 bridgehead atoms. The summed E-state index contributed by atoms with van der Waals surface area (Å²) in [6.07, 6.45) is -0.184. The molecule has 0 aliphatic heterocycles. The monoisotopic (exact) mass is 292 g/mol. The molecule has 1 aromatic carbocycles. The molecule has 0 saturated carbocycles. The van der Waals surface area contributed by atoms with Gasteiger partial charge in [0.25, 0.3) is 0 Å². The van der Waals surface area contributed by atoms with Crippen LogP contribution in [0.5, 0.6) is 0 Å². The van der Waals surface area contributed by atoms with Gasteiger partial charge < -0.3 is 10.4 Å². The molecule has 1 heterocycles. The van der Waals surface area contributed by atoms with E-state index in [1.165, 1.54) is 24.3 Å². The molecule has 0 fully saturated rings. The second-order valence-corrected chi connectivity index (χ2v) is 4.19. The van der Waals surface area contributed by atoms with Crippen LogP contribution in [0, 0.1) is 11.6 Å². The predicted octanol–water partition coefficient (Wildman–Crippen LogP) is 2.24. The number of carboxylic acids is 1. The molecular weight excluding hydrogens is 282 g/mol. The van der Waals surface area contributed by atoms with E-state index < -0.39 is 23.5 Å². The van der Waals surface area contributed by atoms with Crippen LogP contribution < -0.4 is 5.32 Å². The molecule has 0 atom stereocenters. The number of hydrogen-bond donors (Lipinski definition) is 2. The summed E-state index contributed by atoms with van der Waals surface area (Å²) in [4.78, 5) is 26.2. The topological polar surface area (TPSA) is 79.3 Å². The van der Waals surface area contributed by atoms with Crippen molar-refractivity contribution in [1.82, 2.24) is 4.98 Å². The van der Waals surface area contributed by atoms with E-state index in [9.17, 15) is 18.4 Å². The Morgan fingerprint density at radius 3 is 2.57 bits per heavy atom. The van der Waals surface area contributed by atoms with E-state index in [4.69, 9.17) is 5.11 Å². The minimum atomic E-state index is -1.22. The third-order valence-electron chi connectivity index (χ3n) is 2.58. The van der Waals surface area contributed by atoms with Gasteiger partial charge in [0.15, 0.2) is 17.3 Å². The largest absolute Gasteiger partial charge is 0.477 e. The number of aromatic nitrogens is 1. The number of carbonyl (C=O) groups is 2. The van der Waals surface area contributed by atoms with Gasteiger partial charge in [-0.3, -0.25) is 4.79 Å². The van der Waals surface area contributed by atoms with E-state index in [2.05, 4.69) is 10.3 Å². The minimum Gasteiger partial charge on any atom is -0.477 e. The smallest absolute Gasteiger partial charge is 0.354 e. The van der Waals surface area contributed by atoms with Crippen LogP contribution in [0.15, 0.2) is 36.4 Å². The highest BCUT2D eigenvalue weighted by Gasteiger charge is 2.10. The number of amides is 1. The van der Waals surface area contributed by atoms with Crippen LogP contribution in [0.25, 0.3) is 0 Å². The van der Waals surface area contributed by atoms with Crippen LogP contribution in [0.1, 0.15) is 16.1 Å². The van der Waals surface area contributed by atoms with Crippen LogP contribution >= 0.6 is 0 Å². The summed E-state index contributed by atoms with van der Waals surface area (Å²) in [5, 5.41) is 11.2. The van der Waals surface area contributed by atoms with Gasteiger partial charge in [0, 0.05) is 0 Å². The molecule has 2 N–H and O–H groups in total. The maximum absolute atomic E-state index is 13.0. The predicted molar refractivity (Wildman–Crippen MR) is 69.9 cm³/mol. The highest BCUT2D eigenvalue weighted by Crippen LogP contribution is 2.11. The molecule has 0 unspecified atom stereocenters. The number of pyridine rings is 1. The first kappa shape index (κ1) is 14.6. The standard InChI is InChI=1S/C14H10F2N2O3/c15-9-5-4-8(6-10(9)16)7-13(19)18-12-3-1-2-11(17-12)14(20)21/h1-6H,7H2,(H,20,21)(H,17,18,19). The Kier molecular flexibility index (Phi) is 4.22. The zero-order valence-corrected chi connectivity index (χ0v) is 10.6. The lowest BCUT2D eigenvalue weighted by molar-refractivity contribution is -0.115. The summed E-state index contributed by atoms with van der Waals surface area (Å²) in [7, 11) is 0. The van der Waals surface area contributed by atoms with Crippen molar-refractivity contribution in [2.24, 2.45) is 0 Å². The molecule has 0 aliphatic carbocycles. The number of halogens is 2. The molecular formula is C14H10F2N2O3. The number of carbonyl (C=O) groups excluding carboxylic acids is 1. The van der Waals surface area contributed by atoms with Gasteiger partial charge in [0.1, 0.15) is 5.82 Å². The molecule has 7 heteroatoms. The van der Waals surface area contributed by atoms with Crippen molar-refractivity contribution in [1.29, 1.82) is 0 Å². The van der Waals surface area contributed by atoms with Crippen molar-refractivity contribution in [2.45, 2.75) is 6.42 Å². The van der Waals surface area contributed by atoms with Crippen LogP contribution in [-0.4, -0.2) is 22.0 Å². The summed E-state index contributed by atoms with van der Waals surface area (Å²) < 4.78 is 25.8. The molecule has 108 valence electrons. The Hall–Kier alpha value is -2.83. The van der Waals surface area contributed by atoms with Crippen LogP contribution in [0.3, 0.4) is 0 Å². The molecule has 0 saturated heterocycles. The van der Waals surface area contributed by atoms with Gasteiger partial charge in [-0.05, 0) is 29.8 Å². The number of nitrogens with one attached hydrogen (secondary N) is 1. The van der Waals surface area contributed by atoms with E-state index >= 15 is 0 Å². The van der Waals surface area contributed by atoms with E-state index in [0.717, 1.165) is 12.1 Å². The first-order chi connectivity index (χ1) is 9.95. The lowest BCUT2D eigenvalue weighted by Gasteiger charge is -2.05. The van der Waals surface area contributed by atoms with E-state index in [1.54, 1.807) is 0 Å². The van der Waals surface area contributed by atoms with Gasteiger partial charge >= 0.3 is 5.97 Å². The molecule has 21 heavy (non-hydrogen) atoms. The molecule has 0 radical (unpaired) electrons. The van der Waals surface area contributed by atoms with E-state index in [-0.39, 0.29) is 17.9 Å². The second-order valence-electron chi connectivity index (χ2n) is 4.19. The Morgan fingerprint density at radius 2 is 1.90 bits per heavy atom. The van der Waals surface area contributed by atoms with Crippen molar-refractivity contribution >= 4 is 17.7 Å². The first-order valence-corrected chi connectivity index (χ1v) is 5.90. The number of nitrogens with zero attached hydrogens (tertiary/aromatic N) is 1. The highest BCUT2D eigenvalue weighted by molar-refractivity contribution is 5.92. The average Bonchev–Trinajstić information content (AvgIpc) is 2.43. The van der Waals surface area contributed by atoms with Gasteiger partial charge in [0.2, 0.25) is 5.91 Å². The zero-order valence-electron chi connectivity index (χ0n) is 10.6. The summed E-state index contributed by atoms with van der Waals surface area (Å²) >= 11 is 0. The fraction of sp³-hybridized carbons (Fsp3) is 0.0714. The van der Waals surface area contributed by atoms with Gasteiger partial charge in [-0.25, -0.2) is 18.6 Å². The molecule has 2 aromatic rings. The summed E-state index contributed by atoms with van der Waals surface area (Å²) in [5.74, 6) is -3.69. The van der Waals surface area contributed by atoms with Gasteiger partial charge in [0.05, 0.1) is 6.42 Å². The lowest BCUT2D eigenvalue weighted by atomic mass is 10.1. The Labute approximate surface area is 118 Å². The Bertz CT molecular complexity index is 704. The summed E-state index contributed by atoms with van der Waals surface area (Å²) in [6, 6.07) is 7.29. The van der Waals surface area contributed by atoms with Crippen molar-refractivity contribution in [3.8, 4) is 0 Å². The van der Waals surface area contributed by atoms with Crippen LogP contribution in [-0.2, 0) is 11.2 Å².